The molecule has 0 heterocycles. The van der Waals surface area contributed by atoms with E-state index in [1.165, 1.54) is 5.56 Å². The first kappa shape index (κ1) is 20.5. The third-order valence-corrected chi connectivity index (χ3v) is 4.15. The minimum Gasteiger partial charge on any atom is -0.385 e. The smallest absolute Gasteiger partial charge is 0.0891 e. The van der Waals surface area contributed by atoms with Crippen molar-refractivity contribution in [2.75, 3.05) is 13.6 Å². The van der Waals surface area contributed by atoms with Crippen molar-refractivity contribution in [1.29, 1.82) is 0 Å². The zero-order valence-electron chi connectivity index (χ0n) is 16.4. The Kier molecular flexibility index (Phi) is 7.27. The van der Waals surface area contributed by atoms with Crippen molar-refractivity contribution >= 4 is 0 Å². The van der Waals surface area contributed by atoms with Crippen molar-refractivity contribution in [3.05, 3.63) is 47.5 Å². The molecular formula is C22H33NO. The predicted octanol–water partition coefficient (Wildman–Crippen LogP) is 4.59. The molecule has 0 fully saturated rings. The quantitative estimate of drug-likeness (QED) is 0.773. The Morgan fingerprint density at radius 2 is 1.88 bits per heavy atom. The highest BCUT2D eigenvalue weighted by molar-refractivity contribution is 5.28. The van der Waals surface area contributed by atoms with Crippen LogP contribution in [0.1, 0.15) is 52.7 Å². The van der Waals surface area contributed by atoms with Crippen LogP contribution in [0.3, 0.4) is 0 Å². The Morgan fingerprint density at radius 1 is 1.21 bits per heavy atom. The number of benzene rings is 1. The number of aliphatic hydroxyl groups is 1. The molecule has 1 aromatic rings. The Bertz CT molecular complexity index is 609. The molecule has 0 aliphatic rings. The lowest BCUT2D eigenvalue weighted by Crippen LogP contribution is -2.28. The summed E-state index contributed by atoms with van der Waals surface area (Å²) in [4.78, 5) is 2.23. The number of likely N-dealkylation sites (N-methyl/N-ethyl adjacent to an activating group) is 1. The van der Waals surface area contributed by atoms with E-state index in [2.05, 4.69) is 62.8 Å². The van der Waals surface area contributed by atoms with E-state index in [1.54, 1.807) is 0 Å². The number of hydrogen-bond acceptors (Lipinski definition) is 2. The average molecular weight is 328 g/mol. The van der Waals surface area contributed by atoms with E-state index in [-0.39, 0.29) is 11.3 Å². The number of nitrogens with zero attached hydrogens (tertiary/aromatic N) is 1. The molecule has 0 saturated carbocycles. The molecule has 1 N–H and O–H groups in total. The van der Waals surface area contributed by atoms with Gasteiger partial charge in [-0.15, -0.1) is 0 Å². The van der Waals surface area contributed by atoms with Crippen molar-refractivity contribution in [3.8, 4) is 11.8 Å². The molecule has 0 aromatic heterocycles. The van der Waals surface area contributed by atoms with E-state index in [1.807, 2.05) is 39.0 Å². The summed E-state index contributed by atoms with van der Waals surface area (Å²) < 4.78 is 0. The third-order valence-electron chi connectivity index (χ3n) is 4.15. The van der Waals surface area contributed by atoms with E-state index >= 15 is 0 Å². The molecule has 1 rings (SSSR count). The van der Waals surface area contributed by atoms with Gasteiger partial charge in [0.2, 0.25) is 0 Å². The lowest BCUT2D eigenvalue weighted by molar-refractivity contribution is 0.00895. The lowest BCUT2D eigenvalue weighted by atomic mass is 9.84. The highest BCUT2D eigenvalue weighted by Gasteiger charge is 2.27. The summed E-state index contributed by atoms with van der Waals surface area (Å²) >= 11 is 0. The minimum atomic E-state index is -0.795. The zero-order valence-corrected chi connectivity index (χ0v) is 16.4. The molecule has 0 spiro atoms. The van der Waals surface area contributed by atoms with Gasteiger partial charge in [-0.05, 0) is 57.9 Å². The fourth-order valence-electron chi connectivity index (χ4n) is 2.24. The Labute approximate surface area is 148 Å². The molecular weight excluding hydrogens is 294 g/mol. The molecule has 132 valence electrons. The molecule has 0 aliphatic heterocycles. The summed E-state index contributed by atoms with van der Waals surface area (Å²) in [6.07, 6.45) is 4.02. The molecule has 0 radical (unpaired) electrons. The van der Waals surface area contributed by atoms with Gasteiger partial charge in [0.15, 0.2) is 0 Å². The highest BCUT2D eigenvalue weighted by atomic mass is 16.3. The minimum absolute atomic E-state index is 0.0457. The van der Waals surface area contributed by atoms with E-state index < -0.39 is 5.60 Å². The van der Waals surface area contributed by atoms with E-state index in [4.69, 9.17) is 0 Å². The van der Waals surface area contributed by atoms with Crippen molar-refractivity contribution in [2.24, 2.45) is 11.3 Å². The van der Waals surface area contributed by atoms with Crippen molar-refractivity contribution in [3.63, 3.8) is 0 Å². The standard InChI is InChI=1S/C22H33NO/c1-18(2)22(6,24)20-13-11-12-19(16-20)17-23(7)15-10-8-9-14-21(3,4)5/h8,10-13,16,18,24H,15,17H2,1-7H3/b10-8+. The van der Waals surface area contributed by atoms with E-state index in [9.17, 15) is 5.11 Å². The second-order valence-corrected chi connectivity index (χ2v) is 8.12. The molecule has 0 saturated heterocycles. The van der Waals surface area contributed by atoms with Gasteiger partial charge in [0, 0.05) is 18.5 Å². The van der Waals surface area contributed by atoms with Crippen molar-refractivity contribution in [1.82, 2.24) is 4.90 Å². The molecule has 2 heteroatoms. The first-order chi connectivity index (χ1) is 11.0. The fraction of sp³-hybridized carbons (Fsp3) is 0.545. The number of hydrogen-bond donors (Lipinski definition) is 1. The largest absolute Gasteiger partial charge is 0.385 e. The maximum Gasteiger partial charge on any atom is 0.0891 e. The first-order valence-electron chi connectivity index (χ1n) is 8.70. The fourth-order valence-corrected chi connectivity index (χ4v) is 2.24. The highest BCUT2D eigenvalue weighted by Crippen LogP contribution is 2.29. The summed E-state index contributed by atoms with van der Waals surface area (Å²) in [6.45, 7) is 14.0. The Morgan fingerprint density at radius 3 is 2.46 bits per heavy atom. The summed E-state index contributed by atoms with van der Waals surface area (Å²) in [5.41, 5.74) is 1.45. The van der Waals surface area contributed by atoms with Crippen LogP contribution in [-0.2, 0) is 12.1 Å². The third kappa shape index (κ3) is 6.91. The Balaban J connectivity index is 2.66. The normalized spacial score (nSPS) is 14.8. The lowest BCUT2D eigenvalue weighted by Gasteiger charge is -2.29. The van der Waals surface area contributed by atoms with Gasteiger partial charge >= 0.3 is 0 Å². The van der Waals surface area contributed by atoms with Gasteiger partial charge in [-0.25, -0.2) is 0 Å². The van der Waals surface area contributed by atoms with Crippen LogP contribution >= 0.6 is 0 Å². The van der Waals surface area contributed by atoms with E-state index in [0.717, 1.165) is 18.7 Å². The molecule has 0 bridgehead atoms. The van der Waals surface area contributed by atoms with Crippen LogP contribution in [0.15, 0.2) is 36.4 Å². The zero-order chi connectivity index (χ0) is 18.4. The van der Waals surface area contributed by atoms with E-state index in [0.29, 0.717) is 0 Å². The van der Waals surface area contributed by atoms with Gasteiger partial charge in [-0.2, -0.15) is 0 Å². The van der Waals surface area contributed by atoms with Crippen molar-refractivity contribution in [2.45, 2.75) is 53.7 Å². The van der Waals surface area contributed by atoms with Gasteiger partial charge in [0.05, 0.1) is 5.60 Å². The average Bonchev–Trinajstić information content (AvgIpc) is 2.45. The summed E-state index contributed by atoms with van der Waals surface area (Å²) in [5.74, 6) is 6.47. The van der Waals surface area contributed by atoms with Gasteiger partial charge in [-0.3, -0.25) is 4.90 Å². The van der Waals surface area contributed by atoms with Crippen molar-refractivity contribution < 1.29 is 5.11 Å². The second-order valence-electron chi connectivity index (χ2n) is 8.12. The van der Waals surface area contributed by atoms with Crippen LogP contribution in [0.25, 0.3) is 0 Å². The molecule has 24 heavy (non-hydrogen) atoms. The molecule has 2 nitrogen and oxygen atoms in total. The van der Waals surface area contributed by atoms with Crippen LogP contribution in [0, 0.1) is 23.2 Å². The Hall–Kier alpha value is -1.56. The summed E-state index contributed by atoms with van der Waals surface area (Å²) in [5, 5.41) is 10.6. The molecule has 1 atom stereocenters. The SMILES string of the molecule is CC(C)C(C)(O)c1cccc(CN(C)C/C=C/C#CC(C)(C)C)c1. The van der Waals surface area contributed by atoms with Crippen LogP contribution in [0.2, 0.25) is 0 Å². The molecule has 1 unspecified atom stereocenters. The monoisotopic (exact) mass is 327 g/mol. The number of allylic oxidation sites excluding steroid dienone is 1. The van der Waals surface area contributed by atoms with Crippen LogP contribution in [0.4, 0.5) is 0 Å². The topological polar surface area (TPSA) is 23.5 Å². The van der Waals surface area contributed by atoms with Crippen LogP contribution in [-0.4, -0.2) is 23.6 Å². The number of rotatable bonds is 6. The summed E-state index contributed by atoms with van der Waals surface area (Å²) in [7, 11) is 2.09. The van der Waals surface area contributed by atoms with Gasteiger partial charge < -0.3 is 5.11 Å². The summed E-state index contributed by atoms with van der Waals surface area (Å²) in [6, 6.07) is 8.25. The predicted molar refractivity (Wildman–Crippen MR) is 104 cm³/mol. The van der Waals surface area contributed by atoms with Gasteiger partial charge in [0.1, 0.15) is 0 Å². The molecule has 1 aromatic carbocycles. The van der Waals surface area contributed by atoms with Crippen LogP contribution in [0.5, 0.6) is 0 Å². The second kappa shape index (κ2) is 8.51. The van der Waals surface area contributed by atoms with Gasteiger partial charge in [0.25, 0.3) is 0 Å². The van der Waals surface area contributed by atoms with Gasteiger partial charge in [-0.1, -0.05) is 56.0 Å². The molecule has 0 amide bonds. The first-order valence-corrected chi connectivity index (χ1v) is 8.70. The molecule has 0 aliphatic carbocycles. The maximum atomic E-state index is 10.6. The maximum absolute atomic E-state index is 10.6. The van der Waals surface area contributed by atoms with Crippen LogP contribution < -0.4 is 0 Å².